The van der Waals surface area contributed by atoms with E-state index in [9.17, 15) is 9.59 Å². The molecule has 1 aromatic heterocycles. The summed E-state index contributed by atoms with van der Waals surface area (Å²) in [6, 6.07) is 1.79. The fraction of sp³-hybridized carbons (Fsp3) is 0.500. The van der Waals surface area contributed by atoms with E-state index in [0.29, 0.717) is 29.9 Å². The van der Waals surface area contributed by atoms with Crippen LogP contribution in [0.3, 0.4) is 0 Å². The van der Waals surface area contributed by atoms with Crippen LogP contribution in [0.4, 0.5) is 0 Å². The summed E-state index contributed by atoms with van der Waals surface area (Å²) < 4.78 is 5.08. The fourth-order valence-electron chi connectivity index (χ4n) is 1.97. The number of nitrogens with one attached hydrogen (secondary N) is 1. The molecule has 4 nitrogen and oxygen atoms in total. The van der Waals surface area contributed by atoms with Gasteiger partial charge in [-0.2, -0.15) is 0 Å². The van der Waals surface area contributed by atoms with Crippen molar-refractivity contribution in [1.82, 2.24) is 5.32 Å². The minimum Gasteiger partial charge on any atom is -0.469 e. The van der Waals surface area contributed by atoms with E-state index in [-0.39, 0.29) is 11.9 Å². The zero-order valence-electron chi connectivity index (χ0n) is 9.29. The smallest absolute Gasteiger partial charge is 0.255 e. The maximum Gasteiger partial charge on any atom is 0.255 e. The van der Waals surface area contributed by atoms with E-state index in [2.05, 4.69) is 5.32 Å². The third kappa shape index (κ3) is 2.32. The first-order chi connectivity index (χ1) is 7.66. The number of amides is 1. The molecule has 1 amide bonds. The Morgan fingerprint density at radius 2 is 2.12 bits per heavy atom. The van der Waals surface area contributed by atoms with Crippen LogP contribution in [-0.4, -0.2) is 17.7 Å². The fourth-order valence-corrected chi connectivity index (χ4v) is 1.97. The van der Waals surface area contributed by atoms with Crippen LogP contribution >= 0.6 is 0 Å². The third-order valence-corrected chi connectivity index (χ3v) is 2.98. The lowest BCUT2D eigenvalue weighted by molar-refractivity contribution is -0.120. The van der Waals surface area contributed by atoms with Gasteiger partial charge in [0.25, 0.3) is 5.91 Å². The van der Waals surface area contributed by atoms with Gasteiger partial charge in [-0.15, -0.1) is 0 Å². The minimum atomic E-state index is -0.106. The number of hydrogen-bond acceptors (Lipinski definition) is 3. The van der Waals surface area contributed by atoms with E-state index in [1.807, 2.05) is 0 Å². The van der Waals surface area contributed by atoms with Gasteiger partial charge in [-0.1, -0.05) is 0 Å². The number of aryl methyl sites for hydroxylation is 1. The van der Waals surface area contributed by atoms with Crippen molar-refractivity contribution < 1.29 is 14.0 Å². The predicted octanol–water partition coefficient (Wildman–Crippen LogP) is 1.83. The van der Waals surface area contributed by atoms with Gasteiger partial charge >= 0.3 is 0 Å². The summed E-state index contributed by atoms with van der Waals surface area (Å²) in [4.78, 5) is 22.9. The van der Waals surface area contributed by atoms with E-state index in [1.165, 1.54) is 6.26 Å². The molecule has 1 aliphatic rings. The standard InChI is InChI=1S/C12H15NO3/c1-8-11(6-7-16-8)12(15)13-9-2-4-10(14)5-3-9/h6-7,9H,2-5H2,1H3,(H,13,15). The Morgan fingerprint density at radius 1 is 1.44 bits per heavy atom. The molecule has 1 aliphatic carbocycles. The molecule has 1 aromatic rings. The van der Waals surface area contributed by atoms with Crippen LogP contribution in [0.1, 0.15) is 41.8 Å². The Morgan fingerprint density at radius 3 is 2.69 bits per heavy atom. The molecular formula is C12H15NO3. The van der Waals surface area contributed by atoms with Gasteiger partial charge in [-0.3, -0.25) is 9.59 Å². The second-order valence-electron chi connectivity index (χ2n) is 4.18. The molecule has 0 bridgehead atoms. The second kappa shape index (κ2) is 4.51. The summed E-state index contributed by atoms with van der Waals surface area (Å²) in [5, 5.41) is 2.93. The molecule has 0 saturated heterocycles. The summed E-state index contributed by atoms with van der Waals surface area (Å²) in [5.41, 5.74) is 0.580. The highest BCUT2D eigenvalue weighted by molar-refractivity contribution is 5.95. The van der Waals surface area contributed by atoms with Crippen molar-refractivity contribution >= 4 is 11.7 Å². The van der Waals surface area contributed by atoms with Gasteiger partial charge in [0.2, 0.25) is 0 Å². The van der Waals surface area contributed by atoms with Gasteiger partial charge in [0.05, 0.1) is 11.8 Å². The quantitative estimate of drug-likeness (QED) is 0.828. The van der Waals surface area contributed by atoms with Crippen LogP contribution in [0.25, 0.3) is 0 Å². The molecule has 86 valence electrons. The van der Waals surface area contributed by atoms with Crippen molar-refractivity contribution in [3.63, 3.8) is 0 Å². The van der Waals surface area contributed by atoms with Crippen LogP contribution < -0.4 is 5.32 Å². The number of carbonyl (C=O) groups is 2. The van der Waals surface area contributed by atoms with E-state index < -0.39 is 0 Å². The average molecular weight is 221 g/mol. The molecule has 1 heterocycles. The SMILES string of the molecule is Cc1occc1C(=O)NC1CCC(=O)CC1. The van der Waals surface area contributed by atoms with Crippen molar-refractivity contribution in [3.8, 4) is 0 Å². The van der Waals surface area contributed by atoms with Crippen LogP contribution in [-0.2, 0) is 4.79 Å². The molecule has 0 atom stereocenters. The molecule has 0 radical (unpaired) electrons. The highest BCUT2D eigenvalue weighted by atomic mass is 16.3. The molecule has 16 heavy (non-hydrogen) atoms. The zero-order chi connectivity index (χ0) is 11.5. The molecule has 0 spiro atoms. The van der Waals surface area contributed by atoms with Gasteiger partial charge in [0, 0.05) is 18.9 Å². The van der Waals surface area contributed by atoms with Gasteiger partial charge in [-0.25, -0.2) is 0 Å². The Bertz CT molecular complexity index is 398. The number of furan rings is 1. The number of rotatable bonds is 2. The third-order valence-electron chi connectivity index (χ3n) is 2.98. The maximum atomic E-state index is 11.8. The number of ketones is 1. The summed E-state index contributed by atoms with van der Waals surface area (Å²) in [6.07, 6.45) is 4.17. The molecule has 0 aromatic carbocycles. The van der Waals surface area contributed by atoms with Gasteiger partial charge in [0.15, 0.2) is 0 Å². The van der Waals surface area contributed by atoms with Crippen LogP contribution in [0.2, 0.25) is 0 Å². The van der Waals surface area contributed by atoms with Crippen molar-refractivity contribution in [1.29, 1.82) is 0 Å². The first-order valence-electron chi connectivity index (χ1n) is 5.53. The minimum absolute atomic E-state index is 0.106. The Labute approximate surface area is 94.0 Å². The summed E-state index contributed by atoms with van der Waals surface area (Å²) in [5.74, 6) is 0.819. The monoisotopic (exact) mass is 221 g/mol. The van der Waals surface area contributed by atoms with E-state index >= 15 is 0 Å². The van der Waals surface area contributed by atoms with E-state index in [1.54, 1.807) is 13.0 Å². The van der Waals surface area contributed by atoms with Crippen LogP contribution in [0, 0.1) is 6.92 Å². The first kappa shape index (κ1) is 10.9. The Kier molecular flexibility index (Phi) is 3.08. The molecule has 4 heteroatoms. The molecule has 2 rings (SSSR count). The number of carbonyl (C=O) groups excluding carboxylic acids is 2. The van der Waals surface area contributed by atoms with Gasteiger partial charge < -0.3 is 9.73 Å². The van der Waals surface area contributed by atoms with Crippen molar-refractivity contribution in [2.24, 2.45) is 0 Å². The second-order valence-corrected chi connectivity index (χ2v) is 4.18. The van der Waals surface area contributed by atoms with Crippen LogP contribution in [0.5, 0.6) is 0 Å². The van der Waals surface area contributed by atoms with E-state index in [0.717, 1.165) is 12.8 Å². The molecule has 1 saturated carbocycles. The molecule has 1 fully saturated rings. The summed E-state index contributed by atoms with van der Waals surface area (Å²) in [6.45, 7) is 1.76. The lowest BCUT2D eigenvalue weighted by Gasteiger charge is -2.21. The molecule has 0 unspecified atom stereocenters. The molecule has 0 aliphatic heterocycles. The number of hydrogen-bond donors (Lipinski definition) is 1. The topological polar surface area (TPSA) is 59.3 Å². The normalized spacial score (nSPS) is 17.4. The lowest BCUT2D eigenvalue weighted by atomic mass is 9.94. The highest BCUT2D eigenvalue weighted by Crippen LogP contribution is 2.16. The van der Waals surface area contributed by atoms with E-state index in [4.69, 9.17) is 4.42 Å². The van der Waals surface area contributed by atoms with Crippen molar-refractivity contribution in [3.05, 3.63) is 23.7 Å². The zero-order valence-corrected chi connectivity index (χ0v) is 9.29. The molecular weight excluding hydrogens is 206 g/mol. The lowest BCUT2D eigenvalue weighted by Crippen LogP contribution is -2.37. The highest BCUT2D eigenvalue weighted by Gasteiger charge is 2.21. The maximum absolute atomic E-state index is 11.8. The first-order valence-corrected chi connectivity index (χ1v) is 5.53. The Hall–Kier alpha value is -1.58. The summed E-state index contributed by atoms with van der Waals surface area (Å²) >= 11 is 0. The molecule has 1 N–H and O–H groups in total. The number of Topliss-reactive ketones (excluding diaryl/α,β-unsaturated/α-hetero) is 1. The summed E-state index contributed by atoms with van der Waals surface area (Å²) in [7, 11) is 0. The Balaban J connectivity index is 1.93. The van der Waals surface area contributed by atoms with Gasteiger partial charge in [-0.05, 0) is 25.8 Å². The largest absolute Gasteiger partial charge is 0.469 e. The van der Waals surface area contributed by atoms with Crippen LogP contribution in [0.15, 0.2) is 16.7 Å². The average Bonchev–Trinajstić information content (AvgIpc) is 2.68. The van der Waals surface area contributed by atoms with Crippen molar-refractivity contribution in [2.45, 2.75) is 38.6 Å². The van der Waals surface area contributed by atoms with Gasteiger partial charge in [0.1, 0.15) is 11.5 Å². The predicted molar refractivity (Wildman–Crippen MR) is 58.2 cm³/mol. The van der Waals surface area contributed by atoms with Crippen molar-refractivity contribution in [2.75, 3.05) is 0 Å².